The molecule has 0 aliphatic heterocycles. The highest BCUT2D eigenvalue weighted by atomic mass is 32.2. The molecule has 0 heterocycles. The maximum Gasteiger partial charge on any atom is 0.243 e. The molecule has 1 aromatic rings. The molecule has 1 N–H and O–H groups in total. The summed E-state index contributed by atoms with van der Waals surface area (Å²) in [5.74, 6) is 0. The molecule has 6 heteroatoms. The minimum atomic E-state index is -3.59. The van der Waals surface area contributed by atoms with E-state index in [9.17, 15) is 8.42 Å². The maximum atomic E-state index is 12.7. The van der Waals surface area contributed by atoms with Gasteiger partial charge in [-0.1, -0.05) is 12.5 Å². The number of benzene rings is 1. The number of aliphatic hydroxyl groups excluding tert-OH is 1. The van der Waals surface area contributed by atoms with Gasteiger partial charge >= 0.3 is 0 Å². The fourth-order valence-corrected chi connectivity index (χ4v) is 4.03. The Hall–Kier alpha value is -1.42. The minimum absolute atomic E-state index is 0.0253. The monoisotopic (exact) mass is 294 g/mol. The smallest absolute Gasteiger partial charge is 0.243 e. The lowest BCUT2D eigenvalue weighted by Crippen LogP contribution is -2.44. The van der Waals surface area contributed by atoms with Gasteiger partial charge in [0.15, 0.2) is 0 Å². The highest BCUT2D eigenvalue weighted by Crippen LogP contribution is 2.30. The average molecular weight is 294 g/mol. The van der Waals surface area contributed by atoms with Crippen molar-refractivity contribution in [3.8, 4) is 6.07 Å². The van der Waals surface area contributed by atoms with Crippen LogP contribution in [-0.4, -0.2) is 37.0 Å². The number of rotatable bonds is 6. The van der Waals surface area contributed by atoms with Crippen molar-refractivity contribution in [2.45, 2.75) is 36.6 Å². The molecule has 0 radical (unpaired) electrons. The second-order valence-corrected chi connectivity index (χ2v) is 6.81. The predicted octanol–water partition coefficient (Wildman–Crippen LogP) is 1.48. The topological polar surface area (TPSA) is 81.4 Å². The maximum absolute atomic E-state index is 12.7. The highest BCUT2D eigenvalue weighted by Gasteiger charge is 2.34. The van der Waals surface area contributed by atoms with Crippen molar-refractivity contribution >= 4 is 10.0 Å². The normalized spacial score (nSPS) is 15.8. The van der Waals surface area contributed by atoms with Gasteiger partial charge in [-0.2, -0.15) is 9.57 Å². The summed E-state index contributed by atoms with van der Waals surface area (Å²) in [5.41, 5.74) is 0.335. The van der Waals surface area contributed by atoms with Gasteiger partial charge in [-0.05, 0) is 37.5 Å². The van der Waals surface area contributed by atoms with Crippen molar-refractivity contribution in [1.29, 1.82) is 5.26 Å². The summed E-state index contributed by atoms with van der Waals surface area (Å²) in [6, 6.07) is 8.06. The lowest BCUT2D eigenvalue weighted by molar-refractivity contribution is 0.198. The van der Waals surface area contributed by atoms with Gasteiger partial charge in [0.2, 0.25) is 10.0 Å². The molecule has 2 rings (SSSR count). The van der Waals surface area contributed by atoms with E-state index in [1.807, 2.05) is 6.07 Å². The molecule has 0 saturated heterocycles. The van der Waals surface area contributed by atoms with Crippen LogP contribution in [0.3, 0.4) is 0 Å². The van der Waals surface area contributed by atoms with Gasteiger partial charge in [-0.25, -0.2) is 8.42 Å². The molecular formula is C14H18N2O3S. The van der Waals surface area contributed by atoms with Crippen LogP contribution in [0.2, 0.25) is 0 Å². The van der Waals surface area contributed by atoms with Gasteiger partial charge in [0, 0.05) is 19.2 Å². The van der Waals surface area contributed by atoms with E-state index < -0.39 is 10.0 Å². The fraction of sp³-hybridized carbons (Fsp3) is 0.500. The number of nitriles is 1. The van der Waals surface area contributed by atoms with Gasteiger partial charge in [0.25, 0.3) is 0 Å². The first kappa shape index (κ1) is 15.0. The third-order valence-corrected chi connectivity index (χ3v) is 5.54. The van der Waals surface area contributed by atoms with E-state index in [1.165, 1.54) is 16.4 Å². The third kappa shape index (κ3) is 3.01. The second-order valence-electron chi connectivity index (χ2n) is 4.92. The van der Waals surface area contributed by atoms with E-state index in [2.05, 4.69) is 0 Å². The predicted molar refractivity (Wildman–Crippen MR) is 74.4 cm³/mol. The zero-order valence-corrected chi connectivity index (χ0v) is 12.0. The average Bonchev–Trinajstić information content (AvgIpc) is 2.41. The quantitative estimate of drug-likeness (QED) is 0.861. The van der Waals surface area contributed by atoms with Crippen LogP contribution in [0.4, 0.5) is 0 Å². The van der Waals surface area contributed by atoms with Crippen molar-refractivity contribution < 1.29 is 13.5 Å². The van der Waals surface area contributed by atoms with Gasteiger partial charge in [-0.15, -0.1) is 0 Å². The van der Waals surface area contributed by atoms with Crippen LogP contribution >= 0.6 is 0 Å². The SMILES string of the molecule is N#Cc1cccc(S(=O)(=O)N(CCCO)C2CCC2)c1. The zero-order valence-electron chi connectivity index (χ0n) is 11.2. The first-order valence-corrected chi connectivity index (χ1v) is 8.16. The molecule has 0 bridgehead atoms. The molecule has 0 aromatic heterocycles. The van der Waals surface area contributed by atoms with E-state index >= 15 is 0 Å². The number of hydrogen-bond acceptors (Lipinski definition) is 4. The first-order chi connectivity index (χ1) is 9.59. The number of hydrogen-bond donors (Lipinski definition) is 1. The van der Waals surface area contributed by atoms with E-state index in [4.69, 9.17) is 10.4 Å². The Labute approximate surface area is 119 Å². The highest BCUT2D eigenvalue weighted by molar-refractivity contribution is 7.89. The Morgan fingerprint density at radius 1 is 1.40 bits per heavy atom. The van der Waals surface area contributed by atoms with Gasteiger partial charge in [0.1, 0.15) is 0 Å². The summed E-state index contributed by atoms with van der Waals surface area (Å²) in [5, 5.41) is 17.8. The molecule has 20 heavy (non-hydrogen) atoms. The van der Waals surface area contributed by atoms with Gasteiger partial charge < -0.3 is 5.11 Å². The third-order valence-electron chi connectivity index (χ3n) is 3.59. The Morgan fingerprint density at radius 2 is 2.15 bits per heavy atom. The summed E-state index contributed by atoms with van der Waals surface area (Å²) in [4.78, 5) is 0.154. The van der Waals surface area contributed by atoms with E-state index in [0.717, 1.165) is 19.3 Å². The van der Waals surface area contributed by atoms with Crippen molar-refractivity contribution in [3.63, 3.8) is 0 Å². The van der Waals surface area contributed by atoms with Gasteiger partial charge in [0.05, 0.1) is 16.5 Å². The van der Waals surface area contributed by atoms with Crippen LogP contribution in [0.25, 0.3) is 0 Å². The van der Waals surface area contributed by atoms with E-state index in [-0.39, 0.29) is 17.5 Å². The standard InChI is InChI=1S/C14H18N2O3S/c15-11-12-4-1-7-14(10-12)20(18,19)16(8-3-9-17)13-5-2-6-13/h1,4,7,10,13,17H,2-3,5-6,8-9H2. The van der Waals surface area contributed by atoms with Gasteiger partial charge in [-0.3, -0.25) is 0 Å². The molecule has 1 aliphatic rings. The van der Waals surface area contributed by atoms with Crippen LogP contribution < -0.4 is 0 Å². The molecule has 0 unspecified atom stereocenters. The Balaban J connectivity index is 2.31. The van der Waals surface area contributed by atoms with Crippen LogP contribution in [0.5, 0.6) is 0 Å². The van der Waals surface area contributed by atoms with E-state index in [1.54, 1.807) is 12.1 Å². The molecule has 1 saturated carbocycles. The van der Waals surface area contributed by atoms with Crippen LogP contribution in [-0.2, 0) is 10.0 Å². The molecule has 5 nitrogen and oxygen atoms in total. The first-order valence-electron chi connectivity index (χ1n) is 6.72. The molecule has 0 spiro atoms. The number of aliphatic hydroxyl groups is 1. The Morgan fingerprint density at radius 3 is 2.70 bits per heavy atom. The van der Waals surface area contributed by atoms with Crippen molar-refractivity contribution in [1.82, 2.24) is 4.31 Å². The summed E-state index contributed by atoms with van der Waals surface area (Å²) in [7, 11) is -3.59. The molecule has 0 amide bonds. The number of nitrogens with zero attached hydrogens (tertiary/aromatic N) is 2. The summed E-state index contributed by atoms with van der Waals surface area (Å²) in [6.07, 6.45) is 3.19. The second kappa shape index (κ2) is 6.35. The largest absolute Gasteiger partial charge is 0.396 e. The summed E-state index contributed by atoms with van der Waals surface area (Å²) >= 11 is 0. The molecule has 1 aromatic carbocycles. The van der Waals surface area contributed by atoms with Crippen LogP contribution in [0.15, 0.2) is 29.2 Å². The lowest BCUT2D eigenvalue weighted by Gasteiger charge is -2.36. The Kier molecular flexibility index (Phi) is 4.76. The van der Waals surface area contributed by atoms with Crippen molar-refractivity contribution in [2.75, 3.05) is 13.2 Å². The molecule has 0 atom stereocenters. The lowest BCUT2D eigenvalue weighted by atomic mass is 9.93. The summed E-state index contributed by atoms with van der Waals surface area (Å²) < 4.78 is 26.8. The fourth-order valence-electron chi connectivity index (χ4n) is 2.26. The van der Waals surface area contributed by atoms with Crippen LogP contribution in [0, 0.1) is 11.3 Å². The Bertz CT molecular complexity index is 603. The minimum Gasteiger partial charge on any atom is -0.396 e. The molecule has 1 fully saturated rings. The zero-order chi connectivity index (χ0) is 14.6. The van der Waals surface area contributed by atoms with Crippen molar-refractivity contribution in [2.24, 2.45) is 0 Å². The van der Waals surface area contributed by atoms with Crippen LogP contribution in [0.1, 0.15) is 31.2 Å². The molecule has 1 aliphatic carbocycles. The van der Waals surface area contributed by atoms with Crippen molar-refractivity contribution in [3.05, 3.63) is 29.8 Å². The van der Waals surface area contributed by atoms with E-state index in [0.29, 0.717) is 18.5 Å². The summed E-state index contributed by atoms with van der Waals surface area (Å²) in [6.45, 7) is 0.289. The number of sulfonamides is 1. The molecule has 108 valence electrons. The molecular weight excluding hydrogens is 276 g/mol.